The van der Waals surface area contributed by atoms with E-state index in [1.165, 1.54) is 12.1 Å². The van der Waals surface area contributed by atoms with E-state index in [0.29, 0.717) is 34.4 Å². The van der Waals surface area contributed by atoms with Gasteiger partial charge < -0.3 is 15.8 Å². The van der Waals surface area contributed by atoms with Crippen LogP contribution in [0.1, 0.15) is 74.0 Å². The fraction of sp³-hybridized carbons (Fsp3) is 0.367. The maximum Gasteiger partial charge on any atom is 0.416 e. The molecule has 0 bridgehead atoms. The van der Waals surface area contributed by atoms with Crippen molar-refractivity contribution in [2.45, 2.75) is 62.8 Å². The number of carbonyl (C=O) groups excluding carboxylic acids is 1. The van der Waals surface area contributed by atoms with Gasteiger partial charge in [0.2, 0.25) is 15.9 Å². The van der Waals surface area contributed by atoms with E-state index in [1.54, 1.807) is 12.1 Å². The summed E-state index contributed by atoms with van der Waals surface area (Å²) in [6, 6.07) is 9.34. The van der Waals surface area contributed by atoms with Crippen LogP contribution in [0.2, 0.25) is 5.02 Å². The summed E-state index contributed by atoms with van der Waals surface area (Å²) in [5.74, 6) is -0.643. The van der Waals surface area contributed by atoms with Crippen LogP contribution in [-0.2, 0) is 21.0 Å². The predicted molar refractivity (Wildman–Crippen MR) is 154 cm³/mol. The first kappa shape index (κ1) is 32.7. The monoisotopic (exact) mass is 641 g/mol. The van der Waals surface area contributed by atoms with Gasteiger partial charge in [0.05, 0.1) is 29.1 Å². The number of benzene rings is 3. The van der Waals surface area contributed by atoms with E-state index >= 15 is 0 Å². The zero-order valence-corrected chi connectivity index (χ0v) is 25.2. The molecule has 1 aliphatic rings. The number of fused-ring (bicyclic) bond motifs is 1. The summed E-state index contributed by atoms with van der Waals surface area (Å²) in [7, 11) is -4.53. The van der Waals surface area contributed by atoms with Crippen LogP contribution in [0.15, 0.2) is 65.6 Å². The SMILES string of the molecule is CC(C)(C)C(N)c1cc2c(cc1Cl)C(NC(=O)CC(NS(=O)(=O)c1cccc(C(F)(F)F)c1)c1ccc(F)cc1)CCO2. The van der Waals surface area contributed by atoms with E-state index in [4.69, 9.17) is 22.1 Å². The van der Waals surface area contributed by atoms with Crippen LogP contribution in [0.3, 0.4) is 0 Å². The van der Waals surface area contributed by atoms with Gasteiger partial charge in [0, 0.05) is 29.5 Å². The number of alkyl halides is 3. The molecule has 0 radical (unpaired) electrons. The van der Waals surface area contributed by atoms with Gasteiger partial charge in [-0.2, -0.15) is 13.2 Å². The summed E-state index contributed by atoms with van der Waals surface area (Å²) in [5, 5.41) is 3.29. The van der Waals surface area contributed by atoms with Crippen LogP contribution in [-0.4, -0.2) is 20.9 Å². The number of rotatable bonds is 8. The summed E-state index contributed by atoms with van der Waals surface area (Å²) in [6.07, 6.45) is -4.79. The third-order valence-corrected chi connectivity index (χ3v) is 9.00. The summed E-state index contributed by atoms with van der Waals surface area (Å²) in [6.45, 7) is 6.23. The van der Waals surface area contributed by atoms with Gasteiger partial charge in [0.25, 0.3) is 0 Å². The summed E-state index contributed by atoms with van der Waals surface area (Å²) in [5.41, 5.74) is 6.55. The largest absolute Gasteiger partial charge is 0.493 e. The lowest BCUT2D eigenvalue weighted by Crippen LogP contribution is -2.37. The van der Waals surface area contributed by atoms with Crippen molar-refractivity contribution in [1.29, 1.82) is 0 Å². The standard InChI is InChI=1S/C30H32ClF4N3O4S/c1-29(2,3)28(36)21-15-26-22(14-23(21)31)24(11-12-42-26)37-27(39)16-25(17-7-9-19(32)10-8-17)38-43(40,41)20-6-4-5-18(13-20)30(33,34)35/h4-10,13-15,24-25,28,38H,11-12,16,36H2,1-3H3,(H,37,39). The minimum atomic E-state index is -4.76. The molecule has 4 rings (SSSR count). The molecule has 7 nitrogen and oxygen atoms in total. The number of hydrogen-bond acceptors (Lipinski definition) is 5. The maximum atomic E-state index is 13.6. The second-order valence-corrected chi connectivity index (χ2v) is 13.6. The molecule has 13 heteroatoms. The Morgan fingerprint density at radius 3 is 2.40 bits per heavy atom. The fourth-order valence-corrected chi connectivity index (χ4v) is 6.29. The number of nitrogens with one attached hydrogen (secondary N) is 2. The molecule has 1 aliphatic heterocycles. The molecule has 1 amide bonds. The second-order valence-electron chi connectivity index (χ2n) is 11.5. The van der Waals surface area contributed by atoms with E-state index in [9.17, 15) is 30.8 Å². The van der Waals surface area contributed by atoms with Gasteiger partial charge in [-0.15, -0.1) is 0 Å². The smallest absolute Gasteiger partial charge is 0.416 e. The zero-order valence-electron chi connectivity index (χ0n) is 23.6. The number of hydrogen-bond donors (Lipinski definition) is 3. The van der Waals surface area contributed by atoms with Gasteiger partial charge in [-0.3, -0.25) is 4.79 Å². The lowest BCUT2D eigenvalue weighted by atomic mass is 9.82. The molecule has 0 saturated heterocycles. The van der Waals surface area contributed by atoms with Crippen LogP contribution in [0.4, 0.5) is 17.6 Å². The lowest BCUT2D eigenvalue weighted by Gasteiger charge is -2.32. The molecule has 4 N–H and O–H groups in total. The molecular weight excluding hydrogens is 610 g/mol. The average Bonchev–Trinajstić information content (AvgIpc) is 2.92. The van der Waals surface area contributed by atoms with Crippen molar-refractivity contribution in [3.63, 3.8) is 0 Å². The second kappa shape index (κ2) is 12.4. The number of ether oxygens (including phenoxy) is 1. The summed E-state index contributed by atoms with van der Waals surface area (Å²) < 4.78 is 87.8. The Bertz CT molecular complexity index is 1590. The number of sulfonamides is 1. The van der Waals surface area contributed by atoms with E-state index in [-0.39, 0.29) is 23.6 Å². The number of amides is 1. The Morgan fingerprint density at radius 1 is 1.09 bits per heavy atom. The molecule has 3 aromatic carbocycles. The van der Waals surface area contributed by atoms with Gasteiger partial charge >= 0.3 is 6.18 Å². The molecule has 1 heterocycles. The zero-order chi connectivity index (χ0) is 31.7. The van der Waals surface area contributed by atoms with E-state index in [2.05, 4.69) is 10.0 Å². The van der Waals surface area contributed by atoms with Crippen molar-refractivity contribution < 1.29 is 35.5 Å². The Morgan fingerprint density at radius 2 is 1.77 bits per heavy atom. The van der Waals surface area contributed by atoms with Crippen molar-refractivity contribution in [2.24, 2.45) is 11.1 Å². The van der Waals surface area contributed by atoms with E-state index in [0.717, 1.165) is 30.3 Å². The molecule has 3 atom stereocenters. The lowest BCUT2D eigenvalue weighted by molar-refractivity contribution is -0.137. The first-order chi connectivity index (χ1) is 20.0. The summed E-state index contributed by atoms with van der Waals surface area (Å²) >= 11 is 6.59. The van der Waals surface area contributed by atoms with Gasteiger partial charge in [-0.05, 0) is 59.0 Å². The third kappa shape index (κ3) is 7.86. The third-order valence-electron chi connectivity index (χ3n) is 7.20. The highest BCUT2D eigenvalue weighted by Gasteiger charge is 2.33. The molecule has 0 fully saturated rings. The molecule has 232 valence electrons. The van der Waals surface area contributed by atoms with E-state index < -0.39 is 56.9 Å². The number of nitrogens with two attached hydrogens (primary N) is 1. The quantitative estimate of drug-likeness (QED) is 0.240. The molecule has 43 heavy (non-hydrogen) atoms. The van der Waals surface area contributed by atoms with Gasteiger partial charge in [-0.25, -0.2) is 17.5 Å². The van der Waals surface area contributed by atoms with Gasteiger partial charge in [0.1, 0.15) is 11.6 Å². The topological polar surface area (TPSA) is 111 Å². The molecule has 0 aliphatic carbocycles. The minimum absolute atomic E-state index is 0.239. The van der Waals surface area contributed by atoms with Crippen molar-refractivity contribution in [3.05, 3.63) is 93.8 Å². The fourth-order valence-electron chi connectivity index (χ4n) is 4.74. The molecule has 0 spiro atoms. The van der Waals surface area contributed by atoms with Crippen molar-refractivity contribution in [1.82, 2.24) is 10.0 Å². The Balaban J connectivity index is 1.58. The Kier molecular flexibility index (Phi) is 9.46. The van der Waals surface area contributed by atoms with Crippen molar-refractivity contribution in [3.8, 4) is 5.75 Å². The van der Waals surface area contributed by atoms with E-state index in [1.807, 2.05) is 20.8 Å². The van der Waals surface area contributed by atoms with Crippen LogP contribution in [0, 0.1) is 11.2 Å². The molecule has 3 unspecified atom stereocenters. The van der Waals surface area contributed by atoms with Crippen LogP contribution in [0.25, 0.3) is 0 Å². The normalized spacial score (nSPS) is 17.0. The van der Waals surface area contributed by atoms with Crippen LogP contribution < -0.4 is 20.5 Å². The number of carbonyl (C=O) groups is 1. The van der Waals surface area contributed by atoms with Crippen molar-refractivity contribution >= 4 is 27.5 Å². The molecule has 0 aromatic heterocycles. The maximum absolute atomic E-state index is 13.6. The average molecular weight is 642 g/mol. The first-order valence-electron chi connectivity index (χ1n) is 13.4. The Hall–Kier alpha value is -3.19. The highest BCUT2D eigenvalue weighted by Crippen LogP contribution is 2.41. The first-order valence-corrected chi connectivity index (χ1v) is 15.3. The highest BCUT2D eigenvalue weighted by atomic mass is 35.5. The number of halogens is 5. The van der Waals surface area contributed by atoms with Crippen LogP contribution in [0.5, 0.6) is 5.75 Å². The van der Waals surface area contributed by atoms with Gasteiger partial charge in [0.15, 0.2) is 0 Å². The highest BCUT2D eigenvalue weighted by molar-refractivity contribution is 7.89. The predicted octanol–water partition coefficient (Wildman–Crippen LogP) is 6.59. The summed E-state index contributed by atoms with van der Waals surface area (Å²) in [4.78, 5) is 12.7. The minimum Gasteiger partial charge on any atom is -0.493 e. The van der Waals surface area contributed by atoms with Gasteiger partial charge in [-0.1, -0.05) is 50.6 Å². The van der Waals surface area contributed by atoms with Crippen LogP contribution >= 0.6 is 11.6 Å². The molecule has 0 saturated carbocycles. The molecule has 3 aromatic rings. The van der Waals surface area contributed by atoms with Crippen molar-refractivity contribution in [2.75, 3.05) is 6.61 Å². The molecular formula is C30H32ClF4N3O4S. The Labute approximate surface area is 252 Å².